The second-order valence-electron chi connectivity index (χ2n) is 5.84. The number of hydrogen-bond donors (Lipinski definition) is 3. The molecule has 3 rings (SSSR count). The van der Waals surface area contributed by atoms with Crippen molar-refractivity contribution in [3.8, 4) is 5.75 Å². The second kappa shape index (κ2) is 8.31. The first-order valence-electron chi connectivity index (χ1n) is 8.19. The SMILES string of the molecule is Cc1cc(=O)oc2cc(OCC(=O)NC(CO)C(=O)Nn3cnnc3)ccc12. The van der Waals surface area contributed by atoms with E-state index >= 15 is 0 Å². The van der Waals surface area contributed by atoms with Gasteiger partial charge in [0.25, 0.3) is 11.8 Å². The quantitative estimate of drug-likeness (QED) is 0.452. The van der Waals surface area contributed by atoms with Crippen LogP contribution in [0.25, 0.3) is 11.0 Å². The third kappa shape index (κ3) is 4.51. The molecule has 0 saturated carbocycles. The summed E-state index contributed by atoms with van der Waals surface area (Å²) in [6, 6.07) is 5.04. The van der Waals surface area contributed by atoms with Crippen LogP contribution in [0.15, 0.2) is 46.1 Å². The molecule has 11 heteroatoms. The van der Waals surface area contributed by atoms with E-state index in [1.807, 2.05) is 0 Å². The maximum Gasteiger partial charge on any atom is 0.336 e. The molecular weight excluding hydrogens is 370 g/mol. The molecule has 11 nitrogen and oxygen atoms in total. The zero-order valence-corrected chi connectivity index (χ0v) is 14.8. The van der Waals surface area contributed by atoms with Crippen LogP contribution in [0.1, 0.15) is 5.56 Å². The monoisotopic (exact) mass is 387 g/mol. The lowest BCUT2D eigenvalue weighted by atomic mass is 10.1. The van der Waals surface area contributed by atoms with E-state index in [0.29, 0.717) is 11.3 Å². The van der Waals surface area contributed by atoms with Crippen LogP contribution in [-0.2, 0) is 9.59 Å². The van der Waals surface area contributed by atoms with E-state index in [2.05, 4.69) is 20.9 Å². The molecule has 2 heterocycles. The number of aliphatic hydroxyl groups excluding tert-OH is 1. The minimum Gasteiger partial charge on any atom is -0.484 e. The highest BCUT2D eigenvalue weighted by Crippen LogP contribution is 2.22. The minimum atomic E-state index is -1.18. The molecular formula is C17H17N5O6. The first-order chi connectivity index (χ1) is 13.5. The average Bonchev–Trinajstić information content (AvgIpc) is 3.16. The van der Waals surface area contributed by atoms with Crippen LogP contribution in [0.5, 0.6) is 5.75 Å². The van der Waals surface area contributed by atoms with Gasteiger partial charge in [-0.05, 0) is 24.6 Å². The number of aliphatic hydroxyl groups is 1. The number of amides is 2. The number of ether oxygens (including phenoxy) is 1. The topological polar surface area (TPSA) is 149 Å². The average molecular weight is 387 g/mol. The Balaban J connectivity index is 1.59. The number of hydrogen-bond acceptors (Lipinski definition) is 8. The predicted octanol–water partition coefficient (Wildman–Crippen LogP) is -0.681. The molecule has 146 valence electrons. The lowest BCUT2D eigenvalue weighted by Gasteiger charge is -2.16. The van der Waals surface area contributed by atoms with Gasteiger partial charge < -0.3 is 19.6 Å². The molecule has 0 radical (unpaired) electrons. The molecule has 0 aliphatic heterocycles. The number of fused-ring (bicyclic) bond motifs is 1. The van der Waals surface area contributed by atoms with E-state index in [-0.39, 0.29) is 0 Å². The van der Waals surface area contributed by atoms with Gasteiger partial charge in [-0.1, -0.05) is 0 Å². The summed E-state index contributed by atoms with van der Waals surface area (Å²) < 4.78 is 11.7. The van der Waals surface area contributed by atoms with Crippen molar-refractivity contribution in [2.24, 2.45) is 0 Å². The van der Waals surface area contributed by atoms with E-state index in [0.717, 1.165) is 10.9 Å². The molecule has 3 N–H and O–H groups in total. The minimum absolute atomic E-state index is 0.311. The molecule has 3 aromatic rings. The Kier molecular flexibility index (Phi) is 5.65. The zero-order chi connectivity index (χ0) is 20.1. The smallest absolute Gasteiger partial charge is 0.336 e. The fourth-order valence-electron chi connectivity index (χ4n) is 2.44. The van der Waals surface area contributed by atoms with Crippen molar-refractivity contribution < 1.29 is 23.8 Å². The van der Waals surface area contributed by atoms with E-state index in [1.54, 1.807) is 19.1 Å². The molecule has 2 amide bonds. The van der Waals surface area contributed by atoms with Gasteiger partial charge in [-0.3, -0.25) is 15.0 Å². The van der Waals surface area contributed by atoms with Crippen molar-refractivity contribution >= 4 is 22.8 Å². The van der Waals surface area contributed by atoms with Crippen LogP contribution in [-0.4, -0.2) is 51.0 Å². The van der Waals surface area contributed by atoms with Crippen LogP contribution in [0, 0.1) is 6.92 Å². The van der Waals surface area contributed by atoms with Crippen molar-refractivity contribution in [3.05, 3.63) is 52.9 Å². The fourth-order valence-corrected chi connectivity index (χ4v) is 2.44. The Hall–Kier alpha value is -3.73. The highest BCUT2D eigenvalue weighted by Gasteiger charge is 2.20. The van der Waals surface area contributed by atoms with Crippen LogP contribution in [0.2, 0.25) is 0 Å². The summed E-state index contributed by atoms with van der Waals surface area (Å²) in [5.74, 6) is -0.965. The number of benzene rings is 1. The third-order valence-electron chi connectivity index (χ3n) is 3.79. The maximum atomic E-state index is 12.0. The van der Waals surface area contributed by atoms with E-state index in [9.17, 15) is 19.5 Å². The van der Waals surface area contributed by atoms with E-state index in [1.165, 1.54) is 29.5 Å². The number of aryl methyl sites for hydroxylation is 1. The second-order valence-corrected chi connectivity index (χ2v) is 5.84. The van der Waals surface area contributed by atoms with Crippen LogP contribution in [0.3, 0.4) is 0 Å². The van der Waals surface area contributed by atoms with Gasteiger partial charge in [0.15, 0.2) is 6.61 Å². The Labute approximate surface area is 157 Å². The first kappa shape index (κ1) is 19.0. The van der Waals surface area contributed by atoms with Crippen molar-refractivity contribution in [2.75, 3.05) is 18.6 Å². The van der Waals surface area contributed by atoms with Crippen molar-refractivity contribution in [2.45, 2.75) is 13.0 Å². The van der Waals surface area contributed by atoms with E-state index < -0.39 is 36.7 Å². The van der Waals surface area contributed by atoms with Gasteiger partial charge in [0.05, 0.1) is 6.61 Å². The number of carbonyl (C=O) groups excluding carboxylic acids is 2. The highest BCUT2D eigenvalue weighted by atomic mass is 16.5. The molecule has 2 aromatic heterocycles. The van der Waals surface area contributed by atoms with Gasteiger partial charge in [0.2, 0.25) is 0 Å². The summed E-state index contributed by atoms with van der Waals surface area (Å²) in [7, 11) is 0. The number of aromatic nitrogens is 3. The summed E-state index contributed by atoms with van der Waals surface area (Å²) in [4.78, 5) is 35.5. The van der Waals surface area contributed by atoms with Crippen molar-refractivity contribution in [1.82, 2.24) is 20.2 Å². The summed E-state index contributed by atoms with van der Waals surface area (Å²) in [6.45, 7) is 0.769. The zero-order valence-electron chi connectivity index (χ0n) is 14.8. The lowest BCUT2D eigenvalue weighted by Crippen LogP contribution is -2.49. The molecule has 1 aromatic carbocycles. The van der Waals surface area contributed by atoms with Gasteiger partial charge in [-0.25, -0.2) is 9.47 Å². The Morgan fingerprint density at radius 1 is 1.29 bits per heavy atom. The Bertz CT molecular complexity index is 1050. The summed E-state index contributed by atoms with van der Waals surface area (Å²) >= 11 is 0. The van der Waals surface area contributed by atoms with Gasteiger partial charge >= 0.3 is 5.63 Å². The molecule has 0 bridgehead atoms. The third-order valence-corrected chi connectivity index (χ3v) is 3.79. The normalized spacial score (nSPS) is 11.8. The molecule has 1 atom stereocenters. The molecule has 0 saturated heterocycles. The van der Waals surface area contributed by atoms with Crippen LogP contribution in [0.4, 0.5) is 0 Å². The molecule has 0 aliphatic rings. The standard InChI is InChI=1S/C17H17N5O6/c1-10-4-16(25)28-14-5-11(2-3-12(10)14)27-7-15(24)20-13(6-23)17(26)21-22-8-18-19-9-22/h2-5,8-9,13,23H,6-7H2,1H3,(H,20,24)(H,21,26). The summed E-state index contributed by atoms with van der Waals surface area (Å²) in [5, 5.41) is 19.5. The van der Waals surface area contributed by atoms with Crippen LogP contribution < -0.4 is 21.1 Å². The van der Waals surface area contributed by atoms with Crippen LogP contribution >= 0.6 is 0 Å². The number of carbonyl (C=O) groups is 2. The highest BCUT2D eigenvalue weighted by molar-refractivity contribution is 5.92. The fraction of sp³-hybridized carbons (Fsp3) is 0.235. The van der Waals surface area contributed by atoms with Gasteiger partial charge in [-0.2, -0.15) is 0 Å². The lowest BCUT2D eigenvalue weighted by molar-refractivity contribution is -0.129. The molecule has 0 aliphatic carbocycles. The Morgan fingerprint density at radius 2 is 2.04 bits per heavy atom. The predicted molar refractivity (Wildman–Crippen MR) is 96.1 cm³/mol. The van der Waals surface area contributed by atoms with Gasteiger partial charge in [-0.15, -0.1) is 10.2 Å². The molecule has 1 unspecified atom stereocenters. The van der Waals surface area contributed by atoms with Gasteiger partial charge in [0.1, 0.15) is 30.0 Å². The molecule has 0 spiro atoms. The Morgan fingerprint density at radius 3 is 2.75 bits per heavy atom. The summed E-state index contributed by atoms with van der Waals surface area (Å²) in [6.07, 6.45) is 2.49. The van der Waals surface area contributed by atoms with Gasteiger partial charge in [0, 0.05) is 17.5 Å². The number of rotatable bonds is 7. The largest absolute Gasteiger partial charge is 0.484 e. The van der Waals surface area contributed by atoms with E-state index in [4.69, 9.17) is 9.15 Å². The first-order valence-corrected chi connectivity index (χ1v) is 8.19. The van der Waals surface area contributed by atoms with Crippen molar-refractivity contribution in [1.29, 1.82) is 0 Å². The number of nitrogens with zero attached hydrogens (tertiary/aromatic N) is 3. The molecule has 0 fully saturated rings. The number of nitrogens with one attached hydrogen (secondary N) is 2. The molecule has 28 heavy (non-hydrogen) atoms. The van der Waals surface area contributed by atoms with Crippen molar-refractivity contribution in [3.63, 3.8) is 0 Å². The summed E-state index contributed by atoms with van der Waals surface area (Å²) in [5.41, 5.74) is 3.00. The maximum absolute atomic E-state index is 12.0.